The fourth-order valence-corrected chi connectivity index (χ4v) is 2.65. The predicted octanol–water partition coefficient (Wildman–Crippen LogP) is 3.77. The summed E-state index contributed by atoms with van der Waals surface area (Å²) in [7, 11) is 0. The second-order valence-corrected chi connectivity index (χ2v) is 5.60. The van der Waals surface area contributed by atoms with Crippen molar-refractivity contribution in [2.24, 2.45) is 0 Å². The topological polar surface area (TPSA) is 60.5 Å². The van der Waals surface area contributed by atoms with E-state index in [-0.39, 0.29) is 5.91 Å². The Morgan fingerprint density at radius 1 is 0.920 bits per heavy atom. The van der Waals surface area contributed by atoms with Crippen molar-refractivity contribution in [3.8, 4) is 22.8 Å². The number of rotatable bonds is 3. The van der Waals surface area contributed by atoms with Crippen molar-refractivity contribution in [2.45, 2.75) is 0 Å². The molecule has 1 N–H and O–H groups in total. The molecule has 0 aliphatic carbocycles. The molecule has 0 fully saturated rings. The first-order valence-electron chi connectivity index (χ1n) is 8.02. The largest absolute Gasteiger partial charge is 0.486 e. The van der Waals surface area contributed by atoms with Crippen LogP contribution >= 0.6 is 0 Å². The highest BCUT2D eigenvalue weighted by molar-refractivity contribution is 6.04. The van der Waals surface area contributed by atoms with E-state index in [1.54, 1.807) is 36.5 Å². The summed E-state index contributed by atoms with van der Waals surface area (Å²) in [5.41, 5.74) is 3.09. The maximum absolute atomic E-state index is 12.4. The summed E-state index contributed by atoms with van der Waals surface area (Å²) in [6.07, 6.45) is 1.75. The highest BCUT2D eigenvalue weighted by atomic mass is 16.6. The maximum atomic E-state index is 12.4. The van der Waals surface area contributed by atoms with Crippen LogP contribution in [0.5, 0.6) is 11.5 Å². The van der Waals surface area contributed by atoms with E-state index in [1.165, 1.54) is 0 Å². The molecular weight excluding hydrogens is 316 g/mol. The Labute approximate surface area is 145 Å². The molecule has 124 valence electrons. The minimum Gasteiger partial charge on any atom is -0.486 e. The zero-order valence-electron chi connectivity index (χ0n) is 13.4. The summed E-state index contributed by atoms with van der Waals surface area (Å²) in [6, 6.07) is 18.5. The molecule has 0 saturated heterocycles. The number of benzene rings is 2. The quantitative estimate of drug-likeness (QED) is 0.793. The van der Waals surface area contributed by atoms with Gasteiger partial charge in [-0.2, -0.15) is 0 Å². The van der Waals surface area contributed by atoms with E-state index in [2.05, 4.69) is 10.3 Å². The highest BCUT2D eigenvalue weighted by Gasteiger charge is 2.13. The molecule has 0 radical (unpaired) electrons. The molecule has 2 heterocycles. The number of carbonyl (C=O) groups is 1. The second kappa shape index (κ2) is 6.65. The Hall–Kier alpha value is -3.34. The average molecular weight is 332 g/mol. The molecule has 25 heavy (non-hydrogen) atoms. The zero-order valence-corrected chi connectivity index (χ0v) is 13.4. The van der Waals surface area contributed by atoms with Crippen LogP contribution in [0.3, 0.4) is 0 Å². The normalized spacial score (nSPS) is 12.5. The van der Waals surface area contributed by atoms with Gasteiger partial charge in [-0.25, -0.2) is 0 Å². The van der Waals surface area contributed by atoms with E-state index in [9.17, 15) is 4.79 Å². The van der Waals surface area contributed by atoms with Crippen LogP contribution < -0.4 is 14.8 Å². The fourth-order valence-electron chi connectivity index (χ4n) is 2.65. The lowest BCUT2D eigenvalue weighted by atomic mass is 10.1. The molecule has 1 aliphatic heterocycles. The number of hydrogen-bond donors (Lipinski definition) is 1. The molecule has 3 aromatic rings. The van der Waals surface area contributed by atoms with Gasteiger partial charge in [-0.1, -0.05) is 18.2 Å². The molecule has 1 aliphatic rings. The van der Waals surface area contributed by atoms with Crippen LogP contribution in [0.15, 0.2) is 66.9 Å². The van der Waals surface area contributed by atoms with Crippen molar-refractivity contribution in [1.82, 2.24) is 4.98 Å². The first kappa shape index (κ1) is 15.2. The molecule has 0 bridgehead atoms. The molecule has 1 aromatic heterocycles. The van der Waals surface area contributed by atoms with Gasteiger partial charge in [0.25, 0.3) is 5.91 Å². The van der Waals surface area contributed by atoms with Crippen LogP contribution in [0, 0.1) is 0 Å². The summed E-state index contributed by atoms with van der Waals surface area (Å²) in [5.74, 6) is 1.17. The van der Waals surface area contributed by atoms with E-state index >= 15 is 0 Å². The Bertz CT molecular complexity index is 893. The van der Waals surface area contributed by atoms with Crippen molar-refractivity contribution in [3.05, 3.63) is 72.4 Å². The summed E-state index contributed by atoms with van der Waals surface area (Å²) >= 11 is 0. The van der Waals surface area contributed by atoms with Crippen molar-refractivity contribution in [2.75, 3.05) is 18.5 Å². The van der Waals surface area contributed by atoms with E-state index in [4.69, 9.17) is 9.47 Å². The van der Waals surface area contributed by atoms with Gasteiger partial charge in [0.1, 0.15) is 13.2 Å². The van der Waals surface area contributed by atoms with Gasteiger partial charge < -0.3 is 14.8 Å². The number of carbonyl (C=O) groups excluding carboxylic acids is 1. The molecule has 0 spiro atoms. The van der Waals surface area contributed by atoms with Gasteiger partial charge >= 0.3 is 0 Å². The number of nitrogens with zero attached hydrogens (tertiary/aromatic N) is 1. The average Bonchev–Trinajstić information content (AvgIpc) is 2.69. The van der Waals surface area contributed by atoms with Crippen LogP contribution in [0.1, 0.15) is 10.4 Å². The third kappa shape index (κ3) is 3.30. The van der Waals surface area contributed by atoms with Gasteiger partial charge in [0.05, 0.1) is 5.69 Å². The molecular formula is C20H16N2O3. The summed E-state index contributed by atoms with van der Waals surface area (Å²) in [6.45, 7) is 1.06. The Kier molecular flexibility index (Phi) is 4.04. The van der Waals surface area contributed by atoms with Crippen LogP contribution in [0.2, 0.25) is 0 Å². The molecule has 5 nitrogen and oxygen atoms in total. The van der Waals surface area contributed by atoms with Gasteiger partial charge in [-0.3, -0.25) is 9.78 Å². The third-order valence-electron chi connectivity index (χ3n) is 3.91. The van der Waals surface area contributed by atoms with Crippen LogP contribution in [-0.4, -0.2) is 24.1 Å². The van der Waals surface area contributed by atoms with Crippen LogP contribution in [0.25, 0.3) is 11.3 Å². The number of aromatic nitrogens is 1. The lowest BCUT2D eigenvalue weighted by Gasteiger charge is -2.19. The molecule has 5 heteroatoms. The molecule has 0 atom stereocenters. The number of pyridine rings is 1. The van der Waals surface area contributed by atoms with Crippen molar-refractivity contribution in [3.63, 3.8) is 0 Å². The van der Waals surface area contributed by atoms with Gasteiger partial charge in [-0.15, -0.1) is 0 Å². The van der Waals surface area contributed by atoms with Crippen molar-refractivity contribution >= 4 is 11.6 Å². The van der Waals surface area contributed by atoms with E-state index < -0.39 is 0 Å². The van der Waals surface area contributed by atoms with E-state index in [1.807, 2.05) is 30.3 Å². The number of hydrogen-bond acceptors (Lipinski definition) is 4. The molecule has 1 amide bonds. The monoisotopic (exact) mass is 332 g/mol. The summed E-state index contributed by atoms with van der Waals surface area (Å²) < 4.78 is 11.0. The zero-order chi connectivity index (χ0) is 17.1. The predicted molar refractivity (Wildman–Crippen MR) is 95.1 cm³/mol. The summed E-state index contributed by atoms with van der Waals surface area (Å²) in [5, 5.41) is 2.88. The number of anilines is 1. The first-order chi connectivity index (χ1) is 12.3. The van der Waals surface area contributed by atoms with Gasteiger partial charge in [0, 0.05) is 29.1 Å². The molecule has 4 rings (SSSR count). The van der Waals surface area contributed by atoms with Gasteiger partial charge in [0.2, 0.25) is 0 Å². The van der Waals surface area contributed by atoms with Gasteiger partial charge in [-0.05, 0) is 36.4 Å². The van der Waals surface area contributed by atoms with E-state index in [0.29, 0.717) is 36.0 Å². The Balaban J connectivity index is 1.49. The van der Waals surface area contributed by atoms with Crippen LogP contribution in [0.4, 0.5) is 5.69 Å². The lowest BCUT2D eigenvalue weighted by Crippen LogP contribution is -2.16. The third-order valence-corrected chi connectivity index (χ3v) is 3.91. The first-order valence-corrected chi connectivity index (χ1v) is 8.02. The lowest BCUT2D eigenvalue weighted by molar-refractivity contribution is 0.102. The van der Waals surface area contributed by atoms with Gasteiger partial charge in [0.15, 0.2) is 11.5 Å². The van der Waals surface area contributed by atoms with Crippen molar-refractivity contribution < 1.29 is 14.3 Å². The minimum atomic E-state index is -0.177. The number of amides is 1. The standard InChI is InChI=1S/C20H16N2O3/c23-20(22-16-8-9-18-19(13-16)25-12-11-24-18)15-6-4-14(5-7-15)17-3-1-2-10-21-17/h1-10,13H,11-12H2,(H,22,23). The van der Waals surface area contributed by atoms with Crippen molar-refractivity contribution in [1.29, 1.82) is 0 Å². The highest BCUT2D eigenvalue weighted by Crippen LogP contribution is 2.32. The fraction of sp³-hybridized carbons (Fsp3) is 0.100. The smallest absolute Gasteiger partial charge is 0.255 e. The minimum absolute atomic E-state index is 0.177. The number of fused-ring (bicyclic) bond motifs is 1. The Morgan fingerprint density at radius 3 is 2.48 bits per heavy atom. The maximum Gasteiger partial charge on any atom is 0.255 e. The van der Waals surface area contributed by atoms with Crippen LogP contribution in [-0.2, 0) is 0 Å². The summed E-state index contributed by atoms with van der Waals surface area (Å²) in [4.78, 5) is 16.7. The second-order valence-electron chi connectivity index (χ2n) is 5.60. The number of nitrogens with one attached hydrogen (secondary N) is 1. The molecule has 0 unspecified atom stereocenters. The SMILES string of the molecule is O=C(Nc1ccc2c(c1)OCCO2)c1ccc(-c2ccccn2)cc1. The Morgan fingerprint density at radius 2 is 1.72 bits per heavy atom. The number of ether oxygens (including phenoxy) is 2. The molecule has 2 aromatic carbocycles. The molecule has 0 saturated carbocycles. The van der Waals surface area contributed by atoms with E-state index in [0.717, 1.165) is 11.3 Å².